The van der Waals surface area contributed by atoms with Crippen molar-refractivity contribution >= 4 is 10.2 Å². The minimum absolute atomic E-state index is 0.236. The van der Waals surface area contributed by atoms with E-state index in [-0.39, 0.29) is 12.1 Å². The molecule has 9 heteroatoms. The molecule has 126 valence electrons. The Bertz CT molecular complexity index is 740. The van der Waals surface area contributed by atoms with Crippen LogP contribution in [0.15, 0.2) is 29.2 Å². The fourth-order valence-electron chi connectivity index (χ4n) is 2.91. The second-order valence-corrected chi connectivity index (χ2v) is 7.51. The predicted octanol–water partition coefficient (Wildman–Crippen LogP) is 1.24. The van der Waals surface area contributed by atoms with Gasteiger partial charge in [0.25, 0.3) is 10.2 Å². The molecule has 0 aliphatic carbocycles. The summed E-state index contributed by atoms with van der Waals surface area (Å²) in [5.74, 6) is 1.49. The zero-order chi connectivity index (χ0) is 16.4. The van der Waals surface area contributed by atoms with Crippen molar-refractivity contribution in [2.24, 2.45) is 0 Å². The SMILES string of the molecule is Cc1ccc([C@@H]2CCCN2S(=O)(=O)N[C@H](C)Cn2cncn2)o1. The lowest BCUT2D eigenvalue weighted by Crippen LogP contribution is -2.45. The smallest absolute Gasteiger partial charge is 0.280 e. The average molecular weight is 339 g/mol. The summed E-state index contributed by atoms with van der Waals surface area (Å²) in [5, 5.41) is 3.99. The van der Waals surface area contributed by atoms with Gasteiger partial charge in [0.1, 0.15) is 24.2 Å². The quantitative estimate of drug-likeness (QED) is 0.854. The van der Waals surface area contributed by atoms with Crippen molar-refractivity contribution in [2.75, 3.05) is 6.54 Å². The average Bonchev–Trinajstić information content (AvgIpc) is 3.17. The number of furan rings is 1. The fraction of sp³-hybridized carbons (Fsp3) is 0.571. The first-order chi connectivity index (χ1) is 11.0. The molecule has 0 aromatic carbocycles. The number of aromatic nitrogens is 3. The lowest BCUT2D eigenvalue weighted by Gasteiger charge is -2.25. The van der Waals surface area contributed by atoms with Gasteiger partial charge in [0, 0.05) is 12.6 Å². The van der Waals surface area contributed by atoms with E-state index in [4.69, 9.17) is 4.42 Å². The molecule has 0 bridgehead atoms. The Hall–Kier alpha value is -1.71. The number of nitrogens with one attached hydrogen (secondary N) is 1. The van der Waals surface area contributed by atoms with Crippen molar-refractivity contribution in [3.05, 3.63) is 36.3 Å². The van der Waals surface area contributed by atoms with Crippen LogP contribution in [-0.2, 0) is 16.8 Å². The van der Waals surface area contributed by atoms with Crippen LogP contribution in [0.3, 0.4) is 0 Å². The molecule has 0 unspecified atom stereocenters. The standard InChI is InChI=1S/C14H21N5O3S/c1-11(8-18-10-15-9-16-18)17-23(20,21)19-7-3-4-13(19)14-6-5-12(2)22-14/h5-6,9-11,13,17H,3-4,7-8H2,1-2H3/t11-,13+/m1/s1. The van der Waals surface area contributed by atoms with Gasteiger partial charge in [-0.25, -0.2) is 4.98 Å². The number of rotatable bonds is 6. The van der Waals surface area contributed by atoms with Gasteiger partial charge in [-0.1, -0.05) is 0 Å². The molecule has 0 spiro atoms. The molecule has 1 aliphatic rings. The van der Waals surface area contributed by atoms with Gasteiger partial charge >= 0.3 is 0 Å². The van der Waals surface area contributed by atoms with Crippen molar-refractivity contribution in [3.63, 3.8) is 0 Å². The summed E-state index contributed by atoms with van der Waals surface area (Å²) in [4.78, 5) is 3.86. The highest BCUT2D eigenvalue weighted by Gasteiger charge is 2.37. The van der Waals surface area contributed by atoms with Crippen molar-refractivity contribution in [2.45, 2.75) is 45.3 Å². The number of hydrogen-bond acceptors (Lipinski definition) is 5. The molecule has 23 heavy (non-hydrogen) atoms. The molecule has 0 radical (unpaired) electrons. The topological polar surface area (TPSA) is 93.3 Å². The van der Waals surface area contributed by atoms with Crippen LogP contribution < -0.4 is 4.72 Å². The normalized spacial score (nSPS) is 20.9. The maximum atomic E-state index is 12.7. The summed E-state index contributed by atoms with van der Waals surface area (Å²) in [6.07, 6.45) is 4.58. The molecular weight excluding hydrogens is 318 g/mol. The van der Waals surface area contributed by atoms with Crippen LogP contribution in [0.2, 0.25) is 0 Å². The van der Waals surface area contributed by atoms with Gasteiger partial charge in [0.05, 0.1) is 12.6 Å². The van der Waals surface area contributed by atoms with Gasteiger partial charge in [-0.2, -0.15) is 22.5 Å². The molecule has 2 aromatic rings. The van der Waals surface area contributed by atoms with E-state index in [9.17, 15) is 8.42 Å². The summed E-state index contributed by atoms with van der Waals surface area (Å²) in [5.41, 5.74) is 0. The van der Waals surface area contributed by atoms with Crippen LogP contribution in [0.1, 0.15) is 37.3 Å². The summed E-state index contributed by atoms with van der Waals surface area (Å²) >= 11 is 0. The number of nitrogens with zero attached hydrogens (tertiary/aromatic N) is 4. The zero-order valence-corrected chi connectivity index (χ0v) is 14.0. The summed E-state index contributed by atoms with van der Waals surface area (Å²) in [6, 6.07) is 3.19. The zero-order valence-electron chi connectivity index (χ0n) is 13.2. The van der Waals surface area contributed by atoms with Gasteiger partial charge in [0.15, 0.2) is 0 Å². The Morgan fingerprint density at radius 2 is 2.30 bits per heavy atom. The second-order valence-electron chi connectivity index (χ2n) is 5.86. The third-order valence-corrected chi connectivity index (χ3v) is 5.63. The van der Waals surface area contributed by atoms with Gasteiger partial charge in [-0.3, -0.25) is 4.68 Å². The first kappa shape index (κ1) is 16.2. The monoisotopic (exact) mass is 339 g/mol. The highest BCUT2D eigenvalue weighted by Crippen LogP contribution is 2.34. The Kier molecular flexibility index (Phi) is 4.51. The summed E-state index contributed by atoms with van der Waals surface area (Å²) in [6.45, 7) is 4.59. The minimum atomic E-state index is -3.59. The first-order valence-corrected chi connectivity index (χ1v) is 9.07. The van der Waals surface area contributed by atoms with Crippen molar-refractivity contribution < 1.29 is 12.8 Å². The van der Waals surface area contributed by atoms with Gasteiger partial charge in [0.2, 0.25) is 0 Å². The van der Waals surface area contributed by atoms with E-state index < -0.39 is 10.2 Å². The number of aryl methyl sites for hydroxylation is 1. The van der Waals surface area contributed by atoms with E-state index in [0.29, 0.717) is 18.8 Å². The van der Waals surface area contributed by atoms with Crippen LogP contribution in [0.5, 0.6) is 0 Å². The minimum Gasteiger partial charge on any atom is -0.465 e. The largest absolute Gasteiger partial charge is 0.465 e. The molecule has 2 atom stereocenters. The van der Waals surface area contributed by atoms with Crippen LogP contribution in [0.4, 0.5) is 0 Å². The van der Waals surface area contributed by atoms with E-state index in [1.807, 2.05) is 19.1 Å². The molecule has 1 fully saturated rings. The Balaban J connectivity index is 1.70. The van der Waals surface area contributed by atoms with Crippen LogP contribution in [0.25, 0.3) is 0 Å². The van der Waals surface area contributed by atoms with E-state index in [0.717, 1.165) is 18.6 Å². The molecule has 0 amide bonds. The van der Waals surface area contributed by atoms with Gasteiger partial charge < -0.3 is 4.42 Å². The molecule has 0 saturated carbocycles. The van der Waals surface area contributed by atoms with Crippen molar-refractivity contribution in [3.8, 4) is 0 Å². The highest BCUT2D eigenvalue weighted by molar-refractivity contribution is 7.87. The maximum Gasteiger partial charge on any atom is 0.280 e. The third-order valence-electron chi connectivity index (χ3n) is 3.88. The van der Waals surface area contributed by atoms with Crippen LogP contribution >= 0.6 is 0 Å². The van der Waals surface area contributed by atoms with Gasteiger partial charge in [-0.15, -0.1) is 0 Å². The predicted molar refractivity (Wildman–Crippen MR) is 83.7 cm³/mol. The van der Waals surface area contributed by atoms with Crippen molar-refractivity contribution in [1.29, 1.82) is 0 Å². The molecular formula is C14H21N5O3S. The van der Waals surface area contributed by atoms with Gasteiger partial charge in [-0.05, 0) is 38.8 Å². The lowest BCUT2D eigenvalue weighted by molar-refractivity contribution is 0.326. The summed E-state index contributed by atoms with van der Waals surface area (Å²) in [7, 11) is -3.59. The summed E-state index contributed by atoms with van der Waals surface area (Å²) < 4.78 is 36.8. The molecule has 2 aromatic heterocycles. The Morgan fingerprint density at radius 3 is 2.96 bits per heavy atom. The molecule has 1 N–H and O–H groups in total. The second kappa shape index (κ2) is 6.42. The molecule has 3 rings (SSSR count). The van der Waals surface area contributed by atoms with Crippen LogP contribution in [-0.4, -0.2) is 40.1 Å². The third kappa shape index (κ3) is 3.62. The Labute approximate surface area is 135 Å². The highest BCUT2D eigenvalue weighted by atomic mass is 32.2. The van der Waals surface area contributed by atoms with Crippen LogP contribution in [0, 0.1) is 6.92 Å². The number of hydrogen-bond donors (Lipinski definition) is 1. The van der Waals surface area contributed by atoms with Crippen molar-refractivity contribution in [1.82, 2.24) is 23.8 Å². The molecule has 8 nitrogen and oxygen atoms in total. The van der Waals surface area contributed by atoms with E-state index in [1.54, 1.807) is 17.9 Å². The van der Waals surface area contributed by atoms with E-state index in [2.05, 4.69) is 14.8 Å². The maximum absolute atomic E-state index is 12.7. The molecule has 1 aliphatic heterocycles. The van der Waals surface area contributed by atoms with E-state index in [1.165, 1.54) is 10.6 Å². The molecule has 3 heterocycles. The lowest BCUT2D eigenvalue weighted by atomic mass is 10.2. The molecule has 1 saturated heterocycles. The Morgan fingerprint density at radius 1 is 1.48 bits per heavy atom. The fourth-order valence-corrected chi connectivity index (χ4v) is 4.54. The first-order valence-electron chi connectivity index (χ1n) is 7.63. The van der Waals surface area contributed by atoms with E-state index >= 15 is 0 Å².